The van der Waals surface area contributed by atoms with Crippen molar-refractivity contribution in [2.24, 2.45) is 7.05 Å². The summed E-state index contributed by atoms with van der Waals surface area (Å²) in [5, 5.41) is 12.8. The molecule has 0 unspecified atom stereocenters. The summed E-state index contributed by atoms with van der Waals surface area (Å²) in [6.07, 6.45) is 5.99. The molecule has 10 nitrogen and oxygen atoms in total. The van der Waals surface area contributed by atoms with Crippen LogP contribution in [0.2, 0.25) is 10.0 Å². The van der Waals surface area contributed by atoms with Crippen LogP contribution >= 0.6 is 23.2 Å². The van der Waals surface area contributed by atoms with Gasteiger partial charge in [-0.15, -0.1) is 0 Å². The average molecular weight is 697 g/mol. The van der Waals surface area contributed by atoms with E-state index in [1.807, 2.05) is 49.4 Å². The number of halogens is 2. The number of amides is 1. The van der Waals surface area contributed by atoms with Crippen LogP contribution in [-0.4, -0.2) is 56.3 Å². The summed E-state index contributed by atoms with van der Waals surface area (Å²) in [5.74, 6) is 1.17. The zero-order valence-electron chi connectivity index (χ0n) is 27.4. The van der Waals surface area contributed by atoms with Crippen molar-refractivity contribution in [1.82, 2.24) is 30.0 Å². The molecule has 1 spiro atoms. The van der Waals surface area contributed by atoms with Crippen molar-refractivity contribution in [3.63, 3.8) is 0 Å². The van der Waals surface area contributed by atoms with Crippen LogP contribution < -0.4 is 20.9 Å². The zero-order valence-corrected chi connectivity index (χ0v) is 29.0. The number of aromatic nitrogens is 4. The lowest BCUT2D eigenvalue weighted by molar-refractivity contribution is -0.119. The van der Waals surface area contributed by atoms with Crippen LogP contribution in [0.1, 0.15) is 48.5 Å². The van der Waals surface area contributed by atoms with Crippen molar-refractivity contribution in [1.29, 1.82) is 0 Å². The summed E-state index contributed by atoms with van der Waals surface area (Å²) in [6, 6.07) is 15.7. The van der Waals surface area contributed by atoms with Crippen LogP contribution in [0.4, 0.5) is 11.5 Å². The third-order valence-corrected chi connectivity index (χ3v) is 11.1. The molecule has 250 valence electrons. The second-order valence-electron chi connectivity index (χ2n) is 13.3. The van der Waals surface area contributed by atoms with Gasteiger partial charge in [0.05, 0.1) is 45.7 Å². The summed E-state index contributed by atoms with van der Waals surface area (Å²) in [6.45, 7) is 3.65. The number of methoxy groups -OCH3 is 1. The van der Waals surface area contributed by atoms with E-state index in [1.165, 1.54) is 10.2 Å². The fourth-order valence-electron chi connectivity index (χ4n) is 7.87. The van der Waals surface area contributed by atoms with Gasteiger partial charge in [0.1, 0.15) is 5.82 Å². The minimum atomic E-state index is -0.259. The van der Waals surface area contributed by atoms with E-state index in [4.69, 9.17) is 32.9 Å². The molecule has 1 aliphatic carbocycles. The number of nitrogens with zero attached hydrogens (tertiary/aromatic N) is 5. The van der Waals surface area contributed by atoms with Gasteiger partial charge in [-0.1, -0.05) is 53.5 Å². The predicted molar refractivity (Wildman–Crippen MR) is 192 cm³/mol. The second kappa shape index (κ2) is 12.1. The Kier molecular flexibility index (Phi) is 7.85. The molecule has 0 bridgehead atoms. The Morgan fingerprint density at radius 3 is 2.55 bits per heavy atom. The van der Waals surface area contributed by atoms with Gasteiger partial charge in [0.25, 0.3) is 5.56 Å². The van der Waals surface area contributed by atoms with Gasteiger partial charge >= 0.3 is 0 Å². The molecule has 2 atom stereocenters. The maximum absolute atomic E-state index is 13.0. The number of anilines is 2. The lowest BCUT2D eigenvalue weighted by Gasteiger charge is -2.28. The fraction of sp³-hybridized carbons (Fsp3) is 0.324. The van der Waals surface area contributed by atoms with Crippen molar-refractivity contribution < 1.29 is 9.53 Å². The number of aryl methyl sites for hydroxylation is 3. The van der Waals surface area contributed by atoms with Crippen LogP contribution in [0.3, 0.4) is 0 Å². The van der Waals surface area contributed by atoms with Crippen LogP contribution in [0.5, 0.6) is 5.88 Å². The number of rotatable bonds is 6. The van der Waals surface area contributed by atoms with E-state index in [9.17, 15) is 9.59 Å². The molecule has 2 saturated heterocycles. The highest BCUT2D eigenvalue weighted by Crippen LogP contribution is 2.47. The molecular weight excluding hydrogens is 661 g/mol. The van der Waals surface area contributed by atoms with Gasteiger partial charge in [-0.25, -0.2) is 14.6 Å². The topological polar surface area (TPSA) is 114 Å². The number of nitrogens with one attached hydrogen (secondary N) is 2. The zero-order chi connectivity index (χ0) is 34.0. The second-order valence-corrected chi connectivity index (χ2v) is 14.1. The molecular formula is C37H35Cl2N7O3. The van der Waals surface area contributed by atoms with Gasteiger partial charge in [-0.3, -0.25) is 14.5 Å². The Morgan fingerprint density at radius 2 is 1.78 bits per heavy atom. The van der Waals surface area contributed by atoms with E-state index < -0.39 is 0 Å². The van der Waals surface area contributed by atoms with Gasteiger partial charge in [-0.2, -0.15) is 5.10 Å². The summed E-state index contributed by atoms with van der Waals surface area (Å²) >= 11 is 14.3. The number of hydrogen-bond donors (Lipinski definition) is 2. The lowest BCUT2D eigenvalue weighted by atomic mass is 9.97. The SMILES string of the molecule is COc1nc(-c2cccc(-c3cccc(Nc4nc(C)cc5cnn(C)c(=O)c45)c3Cl)c2Cl)cc2c1[C@@H](N1CC[C@]3(CCC(=O)N3)C1)CC2. The highest BCUT2D eigenvalue weighted by Gasteiger charge is 2.46. The van der Waals surface area contributed by atoms with Gasteiger partial charge in [0.15, 0.2) is 0 Å². The van der Waals surface area contributed by atoms with E-state index in [0.717, 1.165) is 72.4 Å². The van der Waals surface area contributed by atoms with Crippen molar-refractivity contribution in [3.8, 4) is 28.3 Å². The van der Waals surface area contributed by atoms with Crippen molar-refractivity contribution in [2.75, 3.05) is 25.5 Å². The first kappa shape index (κ1) is 31.7. The Bertz CT molecular complexity index is 2240. The van der Waals surface area contributed by atoms with E-state index >= 15 is 0 Å². The Hall–Kier alpha value is -4.51. The Balaban J connectivity index is 1.13. The van der Waals surface area contributed by atoms with Gasteiger partial charge in [-0.05, 0) is 56.4 Å². The quantitative estimate of drug-likeness (QED) is 0.200. The fourth-order valence-corrected chi connectivity index (χ4v) is 8.47. The Morgan fingerprint density at radius 1 is 1.00 bits per heavy atom. The summed E-state index contributed by atoms with van der Waals surface area (Å²) in [4.78, 5) is 37.2. The van der Waals surface area contributed by atoms with Crippen molar-refractivity contribution >= 4 is 51.4 Å². The van der Waals surface area contributed by atoms with Crippen LogP contribution in [-0.2, 0) is 18.3 Å². The molecule has 49 heavy (non-hydrogen) atoms. The van der Waals surface area contributed by atoms with Crippen molar-refractivity contribution in [2.45, 2.75) is 50.6 Å². The van der Waals surface area contributed by atoms with E-state index in [2.05, 4.69) is 31.7 Å². The first-order chi connectivity index (χ1) is 23.6. The predicted octanol–water partition coefficient (Wildman–Crippen LogP) is 6.77. The van der Waals surface area contributed by atoms with Gasteiger partial charge < -0.3 is 15.4 Å². The summed E-state index contributed by atoms with van der Waals surface area (Å²) in [5.41, 5.74) is 6.26. The highest BCUT2D eigenvalue weighted by molar-refractivity contribution is 6.39. The maximum Gasteiger partial charge on any atom is 0.278 e. The molecule has 5 aromatic rings. The molecule has 5 heterocycles. The smallest absolute Gasteiger partial charge is 0.278 e. The van der Waals surface area contributed by atoms with Crippen LogP contribution in [0.15, 0.2) is 59.5 Å². The van der Waals surface area contributed by atoms with Crippen molar-refractivity contribution in [3.05, 3.63) is 91.9 Å². The minimum Gasteiger partial charge on any atom is -0.481 e. The number of ether oxygens (including phenoxy) is 1. The molecule has 0 saturated carbocycles. The molecule has 2 aromatic carbocycles. The van der Waals surface area contributed by atoms with Gasteiger partial charge in [0.2, 0.25) is 11.8 Å². The van der Waals surface area contributed by atoms with E-state index in [-0.39, 0.29) is 23.0 Å². The number of hydrogen-bond acceptors (Lipinski definition) is 8. The largest absolute Gasteiger partial charge is 0.481 e. The molecule has 12 heteroatoms. The lowest BCUT2D eigenvalue weighted by Crippen LogP contribution is -2.44. The highest BCUT2D eigenvalue weighted by atomic mass is 35.5. The van der Waals surface area contributed by atoms with Crippen LogP contribution in [0.25, 0.3) is 33.2 Å². The third-order valence-electron chi connectivity index (χ3n) is 10.3. The number of benzene rings is 2. The molecule has 2 fully saturated rings. The van der Waals surface area contributed by atoms with E-state index in [1.54, 1.807) is 20.4 Å². The standard InChI is InChI=1S/C37H35Cl2N7O3/c1-20-16-22-18-40-45(2)36(48)31(22)34(41-20)42-26-9-5-7-24(33(26)39)23-6-4-8-25(32(23)38)27-17-21-10-11-28(30(21)35(43-27)49-3)46-15-14-37(19-46)13-12-29(47)44-37/h4-9,16-18,28H,10-15,19H2,1-3H3,(H,41,42)(H,44,47)/t28-,37+/m0/s1. The molecule has 1 amide bonds. The first-order valence-corrected chi connectivity index (χ1v) is 17.2. The number of likely N-dealkylation sites (tertiary alicyclic amines) is 1. The van der Waals surface area contributed by atoms with E-state index in [0.29, 0.717) is 44.6 Å². The number of pyridine rings is 2. The first-order valence-electron chi connectivity index (χ1n) is 16.5. The molecule has 2 aliphatic heterocycles. The molecule has 3 aliphatic rings. The third kappa shape index (κ3) is 5.42. The normalized spacial score (nSPS) is 20.3. The average Bonchev–Trinajstić information content (AvgIpc) is 3.81. The Labute approximate surface area is 293 Å². The number of fused-ring (bicyclic) bond motifs is 2. The molecule has 3 aromatic heterocycles. The van der Waals surface area contributed by atoms with Gasteiger partial charge in [0, 0.05) is 65.9 Å². The maximum atomic E-state index is 13.0. The number of carbonyl (C=O) groups is 1. The molecule has 8 rings (SSSR count). The molecule has 0 radical (unpaired) electrons. The monoisotopic (exact) mass is 695 g/mol. The number of carbonyl (C=O) groups excluding carboxylic acids is 1. The summed E-state index contributed by atoms with van der Waals surface area (Å²) in [7, 11) is 3.28. The molecule has 2 N–H and O–H groups in total. The summed E-state index contributed by atoms with van der Waals surface area (Å²) < 4.78 is 7.22. The van der Waals surface area contributed by atoms with Crippen LogP contribution in [0, 0.1) is 6.92 Å². The minimum absolute atomic E-state index is 0.110.